The van der Waals surface area contributed by atoms with Crippen molar-refractivity contribution in [2.24, 2.45) is 0 Å². The molecule has 63 heavy (non-hydrogen) atoms. The number of carbonyl (C=O) groups is 3. The lowest BCUT2D eigenvalue weighted by Gasteiger charge is -2.31. The molecule has 0 aliphatic heterocycles. The molecule has 0 saturated heterocycles. The molecule has 2 atom stereocenters. The Hall–Kier alpha value is -3.49. The number of ether oxygens (including phenoxy) is 3. The van der Waals surface area contributed by atoms with Gasteiger partial charge in [-0.05, 0) is 32.1 Å². The Morgan fingerprint density at radius 2 is 0.889 bits per heavy atom. The molecule has 1 N–H and O–H groups in total. The van der Waals surface area contributed by atoms with Crippen LogP contribution >= 0.6 is 0 Å². The topological polar surface area (TPSA) is 99.1 Å². The fraction of sp³-hybridized carbons (Fsp3) is 0.691. The van der Waals surface area contributed by atoms with Crippen LogP contribution < -0.4 is 0 Å². The Morgan fingerprint density at radius 3 is 1.32 bits per heavy atom. The van der Waals surface area contributed by atoms with Crippen LogP contribution in [-0.2, 0) is 28.6 Å². The fourth-order valence-electron chi connectivity index (χ4n) is 7.13. The van der Waals surface area contributed by atoms with Gasteiger partial charge >= 0.3 is 17.9 Å². The molecule has 0 aromatic carbocycles. The highest BCUT2D eigenvalue weighted by atomic mass is 16.6. The van der Waals surface area contributed by atoms with Crippen LogP contribution in [0.25, 0.3) is 0 Å². The van der Waals surface area contributed by atoms with Gasteiger partial charge in [0.1, 0.15) is 6.61 Å². The molecule has 360 valence electrons. The molecule has 0 spiro atoms. The monoisotopic (exact) mass is 881 g/mol. The number of carboxylic acids is 1. The van der Waals surface area contributed by atoms with Gasteiger partial charge in [0.2, 0.25) is 0 Å². The van der Waals surface area contributed by atoms with E-state index >= 15 is 0 Å². The highest BCUT2D eigenvalue weighted by Gasteiger charge is 2.31. The molecule has 0 saturated carbocycles. The van der Waals surface area contributed by atoms with E-state index in [-0.39, 0.29) is 36.2 Å². The zero-order valence-corrected chi connectivity index (χ0v) is 41.0. The summed E-state index contributed by atoms with van der Waals surface area (Å²) in [5.41, 5.74) is 0. The molecule has 0 heterocycles. The van der Waals surface area contributed by atoms with Gasteiger partial charge in [0, 0.05) is 19.3 Å². The lowest BCUT2D eigenvalue weighted by atomic mass is 10.0. The van der Waals surface area contributed by atoms with Gasteiger partial charge in [-0.3, -0.25) is 9.59 Å². The van der Waals surface area contributed by atoms with Crippen LogP contribution in [0.4, 0.5) is 0 Å². The molecule has 2 unspecified atom stereocenters. The molecule has 8 heteroatoms. The minimum atomic E-state index is -0.883. The van der Waals surface area contributed by atoms with Gasteiger partial charge in [0.25, 0.3) is 0 Å². The number of hydrogen-bond acceptors (Lipinski definition) is 6. The van der Waals surface area contributed by atoms with E-state index in [0.717, 1.165) is 51.4 Å². The lowest BCUT2D eigenvalue weighted by molar-refractivity contribution is -0.887. The molecule has 8 nitrogen and oxygen atoms in total. The van der Waals surface area contributed by atoms with Crippen molar-refractivity contribution in [3.05, 3.63) is 85.1 Å². The molecule has 0 bridgehead atoms. The van der Waals surface area contributed by atoms with Crippen molar-refractivity contribution >= 4 is 17.9 Å². The predicted octanol–water partition coefficient (Wildman–Crippen LogP) is 14.5. The quantitative estimate of drug-likeness (QED) is 0.0282. The number of nitrogens with zero attached hydrogens (tertiary/aromatic N) is 1. The number of allylic oxidation sites excluding steroid dienone is 14. The van der Waals surface area contributed by atoms with E-state index in [1.165, 1.54) is 109 Å². The van der Waals surface area contributed by atoms with Crippen LogP contribution in [0.1, 0.15) is 194 Å². The highest BCUT2D eigenvalue weighted by Crippen LogP contribution is 2.16. The van der Waals surface area contributed by atoms with Crippen molar-refractivity contribution in [2.75, 3.05) is 41.0 Å². The summed E-state index contributed by atoms with van der Waals surface area (Å²) in [4.78, 5) is 37.1. The van der Waals surface area contributed by atoms with E-state index in [0.29, 0.717) is 19.3 Å². The molecule has 0 aliphatic rings. The third-order valence-corrected chi connectivity index (χ3v) is 11.0. The van der Waals surface area contributed by atoms with Crippen molar-refractivity contribution in [3.63, 3.8) is 0 Å². The maximum absolute atomic E-state index is 12.8. The van der Waals surface area contributed by atoms with Crippen molar-refractivity contribution in [3.8, 4) is 0 Å². The number of quaternary nitrogens is 1. The third kappa shape index (κ3) is 43.5. The first-order chi connectivity index (χ1) is 30.6. The number of aliphatic carboxylic acids is 1. The number of carboxylic acid groups (broad SMARTS) is 1. The van der Waals surface area contributed by atoms with Crippen molar-refractivity contribution in [1.29, 1.82) is 0 Å². The number of unbranched alkanes of at least 4 members (excludes halogenated alkanes) is 22. The first-order valence-electron chi connectivity index (χ1n) is 25.2. The normalized spacial score (nSPS) is 13.6. The Labute approximate surface area is 386 Å². The number of esters is 2. The zero-order valence-electron chi connectivity index (χ0n) is 41.0. The van der Waals surface area contributed by atoms with E-state index < -0.39 is 18.1 Å². The van der Waals surface area contributed by atoms with E-state index in [1.807, 2.05) is 94.1 Å². The second kappa shape index (κ2) is 45.1. The van der Waals surface area contributed by atoms with Crippen LogP contribution in [0.5, 0.6) is 0 Å². The number of rotatable bonds is 44. The lowest BCUT2D eigenvalue weighted by Crippen LogP contribution is -2.50. The van der Waals surface area contributed by atoms with Crippen molar-refractivity contribution in [1.82, 2.24) is 0 Å². The van der Waals surface area contributed by atoms with Crippen molar-refractivity contribution < 1.29 is 38.2 Å². The Bertz CT molecular complexity index is 1300. The maximum atomic E-state index is 12.8. The van der Waals surface area contributed by atoms with Gasteiger partial charge < -0.3 is 23.8 Å². The molecule has 0 fully saturated rings. The molecule has 0 aromatic heterocycles. The fourth-order valence-corrected chi connectivity index (χ4v) is 7.13. The third-order valence-electron chi connectivity index (χ3n) is 11.0. The van der Waals surface area contributed by atoms with Gasteiger partial charge in [0.05, 0.1) is 34.4 Å². The molecule has 0 aromatic rings. The maximum Gasteiger partial charge on any atom is 0.362 e. The predicted molar refractivity (Wildman–Crippen MR) is 266 cm³/mol. The number of hydrogen-bond donors (Lipinski definition) is 1. The Morgan fingerprint density at radius 1 is 0.492 bits per heavy atom. The molecule has 0 aliphatic carbocycles. The molecular formula is C55H94NO7+. The first kappa shape index (κ1) is 59.5. The minimum absolute atomic E-state index is 0.0433. The first-order valence-corrected chi connectivity index (χ1v) is 25.2. The van der Waals surface area contributed by atoms with E-state index in [1.54, 1.807) is 0 Å². The van der Waals surface area contributed by atoms with Gasteiger partial charge in [-0.1, -0.05) is 227 Å². The van der Waals surface area contributed by atoms with Crippen molar-refractivity contribution in [2.45, 2.75) is 206 Å². The Balaban J connectivity index is 4.35. The second-order valence-electron chi connectivity index (χ2n) is 17.9. The number of likely N-dealkylation sites (N-methyl/N-ethyl adjacent to an activating group) is 1. The molecule has 0 rings (SSSR count). The van der Waals surface area contributed by atoms with Crippen LogP contribution in [0.2, 0.25) is 0 Å². The zero-order chi connectivity index (χ0) is 46.3. The highest BCUT2D eigenvalue weighted by molar-refractivity contribution is 5.72. The summed E-state index contributed by atoms with van der Waals surface area (Å²) < 4.78 is 17.3. The number of carbonyl (C=O) groups excluding carboxylic acids is 2. The standard InChI is InChI=1S/C55H93NO7/c1-6-8-10-12-14-16-18-20-22-24-26-28-30-32-34-36-38-40-42-44-46-54(58)63-51(49-61-48-47-52(55(59)60)56(3,4)5)50-62-53(57)45-43-41-39-37-35-33-31-29-27-25-23-21-19-17-15-13-11-9-7-2/h9,11,13,15,17,19,21,23,25,27,29,31,33,35,51-52H,6-8,10,12,14,16,18,20,22,24,26,28,30,32,34,36-50H2,1-5H3/p+1/b11-9+,15-13+,19-17+,23-21+,27-25+,31-29+,35-33+. The van der Waals surface area contributed by atoms with Gasteiger partial charge in [-0.2, -0.15) is 0 Å². The molecular weight excluding hydrogens is 787 g/mol. The van der Waals surface area contributed by atoms with E-state index in [4.69, 9.17) is 14.2 Å². The largest absolute Gasteiger partial charge is 0.477 e. The summed E-state index contributed by atoms with van der Waals surface area (Å²) in [7, 11) is 5.51. The average Bonchev–Trinajstić information content (AvgIpc) is 3.24. The van der Waals surface area contributed by atoms with Gasteiger partial charge in [-0.25, -0.2) is 4.79 Å². The summed E-state index contributed by atoms with van der Waals surface area (Å²) in [6.07, 6.45) is 59.2. The summed E-state index contributed by atoms with van der Waals surface area (Å²) in [6, 6.07) is -0.626. The van der Waals surface area contributed by atoms with Crippen LogP contribution in [0.3, 0.4) is 0 Å². The van der Waals surface area contributed by atoms with Crippen LogP contribution in [-0.4, -0.2) is 80.6 Å². The van der Waals surface area contributed by atoms with Gasteiger partial charge in [0.15, 0.2) is 12.1 Å². The second-order valence-corrected chi connectivity index (χ2v) is 17.9. The minimum Gasteiger partial charge on any atom is -0.477 e. The summed E-state index contributed by atoms with van der Waals surface area (Å²) in [5.74, 6) is -1.53. The average molecular weight is 881 g/mol. The van der Waals surface area contributed by atoms with Crippen LogP contribution in [0, 0.1) is 0 Å². The Kier molecular flexibility index (Phi) is 42.6. The smallest absolute Gasteiger partial charge is 0.362 e. The molecule has 0 amide bonds. The van der Waals surface area contributed by atoms with E-state index in [2.05, 4.69) is 26.0 Å². The summed E-state index contributed by atoms with van der Waals surface area (Å²) >= 11 is 0. The summed E-state index contributed by atoms with van der Waals surface area (Å²) in [6.45, 7) is 4.55. The molecule has 0 radical (unpaired) electrons. The summed E-state index contributed by atoms with van der Waals surface area (Å²) in [5, 5.41) is 9.65. The van der Waals surface area contributed by atoms with Crippen LogP contribution in [0.15, 0.2) is 85.1 Å². The van der Waals surface area contributed by atoms with Gasteiger partial charge in [-0.15, -0.1) is 0 Å². The SMILES string of the molecule is CC/C=C/C=C/C=C/C=C/C=C/C=C/C=C/CCCCCC(=O)OCC(COCCC(C(=O)O)[N+](C)(C)C)OC(=O)CCCCCCCCCCCCCCCCCCCCCC. The van der Waals surface area contributed by atoms with E-state index in [9.17, 15) is 19.5 Å².